The van der Waals surface area contributed by atoms with E-state index in [1.165, 1.54) is 0 Å². The van der Waals surface area contributed by atoms with Crippen LogP contribution < -0.4 is 10.6 Å². The summed E-state index contributed by atoms with van der Waals surface area (Å²) in [6.45, 7) is 4.40. The molecule has 5 heteroatoms. The molecule has 1 amide bonds. The summed E-state index contributed by atoms with van der Waals surface area (Å²) in [7, 11) is 0. The average molecular weight is 276 g/mol. The summed E-state index contributed by atoms with van der Waals surface area (Å²) in [5.41, 5.74) is 7.64. The monoisotopic (exact) mass is 276 g/mol. The molecule has 1 heterocycles. The SMILES string of the molecule is CC(C)[C@@H](N)C(=O)N1CCCc2c(C(=O)O)cccc21. The quantitative estimate of drug-likeness (QED) is 0.879. The van der Waals surface area contributed by atoms with Gasteiger partial charge in [0.2, 0.25) is 5.91 Å². The number of anilines is 1. The Labute approximate surface area is 118 Å². The second-order valence-electron chi connectivity index (χ2n) is 5.47. The number of carbonyl (C=O) groups excluding carboxylic acids is 1. The zero-order chi connectivity index (χ0) is 14.9. The van der Waals surface area contributed by atoms with Gasteiger partial charge in [0.15, 0.2) is 0 Å². The van der Waals surface area contributed by atoms with E-state index >= 15 is 0 Å². The molecule has 5 nitrogen and oxygen atoms in total. The molecular formula is C15H20N2O3. The number of amides is 1. The van der Waals surface area contributed by atoms with Crippen molar-refractivity contribution in [1.29, 1.82) is 0 Å². The summed E-state index contributed by atoms with van der Waals surface area (Å²) < 4.78 is 0. The van der Waals surface area contributed by atoms with Gasteiger partial charge in [0, 0.05) is 12.2 Å². The smallest absolute Gasteiger partial charge is 0.336 e. The van der Waals surface area contributed by atoms with E-state index in [-0.39, 0.29) is 17.4 Å². The second kappa shape index (κ2) is 5.63. The maximum absolute atomic E-state index is 12.4. The van der Waals surface area contributed by atoms with E-state index < -0.39 is 12.0 Å². The van der Waals surface area contributed by atoms with E-state index in [0.29, 0.717) is 18.7 Å². The van der Waals surface area contributed by atoms with E-state index in [2.05, 4.69) is 0 Å². The summed E-state index contributed by atoms with van der Waals surface area (Å²) in [6, 6.07) is 4.49. The van der Waals surface area contributed by atoms with Crippen LogP contribution in [0, 0.1) is 5.92 Å². The van der Waals surface area contributed by atoms with Crippen molar-refractivity contribution in [2.24, 2.45) is 11.7 Å². The Hall–Kier alpha value is -1.88. The van der Waals surface area contributed by atoms with Crippen molar-refractivity contribution in [2.45, 2.75) is 32.7 Å². The molecule has 108 valence electrons. The molecule has 0 unspecified atom stereocenters. The van der Waals surface area contributed by atoms with Crippen LogP contribution in [0.5, 0.6) is 0 Å². The maximum atomic E-state index is 12.4. The maximum Gasteiger partial charge on any atom is 0.336 e. The lowest BCUT2D eigenvalue weighted by molar-refractivity contribution is -0.120. The lowest BCUT2D eigenvalue weighted by Crippen LogP contribution is -2.48. The molecule has 0 radical (unpaired) electrons. The Balaban J connectivity index is 2.41. The molecule has 0 aliphatic carbocycles. The van der Waals surface area contributed by atoms with Crippen LogP contribution in [0.2, 0.25) is 0 Å². The van der Waals surface area contributed by atoms with Crippen molar-refractivity contribution < 1.29 is 14.7 Å². The number of hydrogen-bond donors (Lipinski definition) is 2. The second-order valence-corrected chi connectivity index (χ2v) is 5.47. The lowest BCUT2D eigenvalue weighted by atomic mass is 9.94. The summed E-state index contributed by atoms with van der Waals surface area (Å²) in [6.07, 6.45) is 1.44. The number of aromatic carboxylic acids is 1. The fraction of sp³-hybridized carbons (Fsp3) is 0.467. The normalized spacial score (nSPS) is 15.9. The highest BCUT2D eigenvalue weighted by atomic mass is 16.4. The molecule has 1 aromatic rings. The summed E-state index contributed by atoms with van der Waals surface area (Å²) in [4.78, 5) is 25.3. The zero-order valence-corrected chi connectivity index (χ0v) is 11.8. The molecule has 20 heavy (non-hydrogen) atoms. The predicted octanol–water partition coefficient (Wildman–Crippen LogP) is 1.65. The standard InChI is InChI=1S/C15H20N2O3/c1-9(2)13(16)14(18)17-8-4-6-10-11(15(19)20)5-3-7-12(10)17/h3,5,7,9,13H,4,6,8,16H2,1-2H3,(H,19,20)/t13-/m1/s1. The van der Waals surface area contributed by atoms with Gasteiger partial charge in [0.05, 0.1) is 11.6 Å². The van der Waals surface area contributed by atoms with Crippen LogP contribution in [0.1, 0.15) is 36.2 Å². The molecule has 2 rings (SSSR count). The molecule has 1 aromatic carbocycles. The van der Waals surface area contributed by atoms with Crippen LogP contribution >= 0.6 is 0 Å². The molecule has 0 aromatic heterocycles. The van der Waals surface area contributed by atoms with Crippen molar-refractivity contribution in [1.82, 2.24) is 0 Å². The predicted molar refractivity (Wildman–Crippen MR) is 76.9 cm³/mol. The largest absolute Gasteiger partial charge is 0.478 e. The molecule has 1 atom stereocenters. The fourth-order valence-electron chi connectivity index (χ4n) is 2.52. The minimum absolute atomic E-state index is 0.0514. The van der Waals surface area contributed by atoms with Crippen molar-refractivity contribution in [3.63, 3.8) is 0 Å². The van der Waals surface area contributed by atoms with Gasteiger partial charge in [0.1, 0.15) is 0 Å². The topological polar surface area (TPSA) is 83.6 Å². The highest BCUT2D eigenvalue weighted by molar-refractivity contribution is 6.00. The van der Waals surface area contributed by atoms with E-state index in [9.17, 15) is 14.7 Å². The van der Waals surface area contributed by atoms with Gasteiger partial charge >= 0.3 is 5.97 Å². The number of rotatable bonds is 3. The van der Waals surface area contributed by atoms with Gasteiger partial charge in [-0.05, 0) is 36.5 Å². The van der Waals surface area contributed by atoms with Crippen LogP contribution in [-0.2, 0) is 11.2 Å². The Morgan fingerprint density at radius 1 is 1.35 bits per heavy atom. The first-order valence-corrected chi connectivity index (χ1v) is 6.85. The lowest BCUT2D eigenvalue weighted by Gasteiger charge is -2.33. The highest BCUT2D eigenvalue weighted by Gasteiger charge is 2.29. The highest BCUT2D eigenvalue weighted by Crippen LogP contribution is 2.30. The molecule has 0 spiro atoms. The third-order valence-electron chi connectivity index (χ3n) is 3.75. The summed E-state index contributed by atoms with van der Waals surface area (Å²) >= 11 is 0. The Bertz CT molecular complexity index is 540. The number of nitrogens with two attached hydrogens (primary N) is 1. The summed E-state index contributed by atoms with van der Waals surface area (Å²) in [5, 5.41) is 9.23. The first-order chi connectivity index (χ1) is 9.43. The number of carboxylic acids is 1. The van der Waals surface area contributed by atoms with Crippen LogP contribution in [0.3, 0.4) is 0 Å². The van der Waals surface area contributed by atoms with Crippen LogP contribution in [0.15, 0.2) is 18.2 Å². The third-order valence-corrected chi connectivity index (χ3v) is 3.75. The Morgan fingerprint density at radius 3 is 2.65 bits per heavy atom. The molecular weight excluding hydrogens is 256 g/mol. The first kappa shape index (κ1) is 14.5. The molecule has 0 bridgehead atoms. The van der Waals surface area contributed by atoms with Gasteiger partial charge in [-0.2, -0.15) is 0 Å². The number of hydrogen-bond acceptors (Lipinski definition) is 3. The van der Waals surface area contributed by atoms with Gasteiger partial charge in [0.25, 0.3) is 0 Å². The van der Waals surface area contributed by atoms with E-state index in [0.717, 1.165) is 12.0 Å². The Morgan fingerprint density at radius 2 is 2.05 bits per heavy atom. The van der Waals surface area contributed by atoms with Crippen molar-refractivity contribution in [2.75, 3.05) is 11.4 Å². The number of fused-ring (bicyclic) bond motifs is 1. The molecule has 3 N–H and O–H groups in total. The zero-order valence-electron chi connectivity index (χ0n) is 11.8. The Kier molecular flexibility index (Phi) is 4.09. The average Bonchev–Trinajstić information content (AvgIpc) is 2.44. The van der Waals surface area contributed by atoms with Gasteiger partial charge in [-0.15, -0.1) is 0 Å². The number of carbonyl (C=O) groups is 2. The van der Waals surface area contributed by atoms with Crippen molar-refractivity contribution in [3.05, 3.63) is 29.3 Å². The molecule has 0 fully saturated rings. The first-order valence-electron chi connectivity index (χ1n) is 6.85. The molecule has 0 saturated heterocycles. The van der Waals surface area contributed by atoms with E-state index in [1.807, 2.05) is 13.8 Å². The summed E-state index contributed by atoms with van der Waals surface area (Å²) in [5.74, 6) is -1.04. The van der Waals surface area contributed by atoms with Crippen LogP contribution in [0.4, 0.5) is 5.69 Å². The van der Waals surface area contributed by atoms with E-state index in [1.54, 1.807) is 23.1 Å². The fourth-order valence-corrected chi connectivity index (χ4v) is 2.52. The third kappa shape index (κ3) is 2.54. The van der Waals surface area contributed by atoms with Crippen LogP contribution in [0.25, 0.3) is 0 Å². The molecule has 0 saturated carbocycles. The van der Waals surface area contributed by atoms with E-state index in [4.69, 9.17) is 5.73 Å². The minimum atomic E-state index is -0.954. The minimum Gasteiger partial charge on any atom is -0.478 e. The van der Waals surface area contributed by atoms with Gasteiger partial charge in [-0.3, -0.25) is 4.79 Å². The van der Waals surface area contributed by atoms with Crippen molar-refractivity contribution in [3.8, 4) is 0 Å². The number of carboxylic acid groups (broad SMARTS) is 1. The van der Waals surface area contributed by atoms with Gasteiger partial charge in [-0.1, -0.05) is 19.9 Å². The van der Waals surface area contributed by atoms with Crippen molar-refractivity contribution >= 4 is 17.6 Å². The molecule has 1 aliphatic heterocycles. The number of benzene rings is 1. The van der Waals surface area contributed by atoms with Gasteiger partial charge < -0.3 is 15.7 Å². The molecule has 1 aliphatic rings. The van der Waals surface area contributed by atoms with Crippen LogP contribution in [-0.4, -0.2) is 29.6 Å². The number of nitrogens with zero attached hydrogens (tertiary/aromatic N) is 1. The van der Waals surface area contributed by atoms with Gasteiger partial charge in [-0.25, -0.2) is 4.79 Å².